The molecular weight excluding hydrogens is 241 g/mol. The van der Waals surface area contributed by atoms with Gasteiger partial charge in [0, 0.05) is 31.5 Å². The molecule has 1 aromatic carbocycles. The van der Waals surface area contributed by atoms with Crippen LogP contribution in [0.3, 0.4) is 0 Å². The van der Waals surface area contributed by atoms with E-state index in [0.29, 0.717) is 5.56 Å². The van der Waals surface area contributed by atoms with E-state index in [4.69, 9.17) is 0 Å². The van der Waals surface area contributed by atoms with Crippen LogP contribution < -0.4 is 10.2 Å². The monoisotopic (exact) mass is 259 g/mol. The van der Waals surface area contributed by atoms with E-state index in [1.54, 1.807) is 12.3 Å². The van der Waals surface area contributed by atoms with Crippen LogP contribution in [0.15, 0.2) is 42.7 Å². The molecule has 0 aliphatic rings. The van der Waals surface area contributed by atoms with Crippen LogP contribution >= 0.6 is 0 Å². The molecule has 0 bridgehead atoms. The Kier molecular flexibility index (Phi) is 4.12. The Balaban J connectivity index is 2.35. The Bertz CT molecular complexity index is 537. The van der Waals surface area contributed by atoms with Gasteiger partial charge in [0.05, 0.1) is 12.2 Å². The van der Waals surface area contributed by atoms with Crippen molar-refractivity contribution in [1.82, 2.24) is 10.3 Å². The zero-order valence-corrected chi connectivity index (χ0v) is 11.4. The Morgan fingerprint density at radius 3 is 2.37 bits per heavy atom. The third-order valence-corrected chi connectivity index (χ3v) is 3.15. The van der Waals surface area contributed by atoms with Crippen LogP contribution in [0.1, 0.15) is 17.2 Å². The van der Waals surface area contributed by atoms with Gasteiger partial charge in [-0.1, -0.05) is 12.1 Å². The summed E-state index contributed by atoms with van der Waals surface area (Å²) in [5, 5.41) is 3.14. The molecule has 100 valence electrons. The average molecular weight is 259 g/mol. The van der Waals surface area contributed by atoms with Crippen molar-refractivity contribution in [2.45, 2.75) is 6.04 Å². The highest BCUT2D eigenvalue weighted by Gasteiger charge is 2.15. The summed E-state index contributed by atoms with van der Waals surface area (Å²) in [4.78, 5) is 5.82. The van der Waals surface area contributed by atoms with Crippen molar-refractivity contribution in [3.63, 3.8) is 0 Å². The van der Waals surface area contributed by atoms with E-state index in [-0.39, 0.29) is 11.9 Å². The van der Waals surface area contributed by atoms with Gasteiger partial charge in [0.2, 0.25) is 0 Å². The molecule has 3 nitrogen and oxygen atoms in total. The third kappa shape index (κ3) is 2.90. The van der Waals surface area contributed by atoms with E-state index >= 15 is 0 Å². The summed E-state index contributed by atoms with van der Waals surface area (Å²) < 4.78 is 13.8. The molecule has 1 heterocycles. The molecule has 0 saturated carbocycles. The number of rotatable bonds is 4. The molecule has 0 spiro atoms. The van der Waals surface area contributed by atoms with Crippen LogP contribution in [-0.4, -0.2) is 26.1 Å². The Morgan fingerprint density at radius 2 is 1.84 bits per heavy atom. The van der Waals surface area contributed by atoms with E-state index < -0.39 is 0 Å². The molecule has 0 saturated heterocycles. The molecule has 1 N–H and O–H groups in total. The quantitative estimate of drug-likeness (QED) is 0.914. The second-order valence-electron chi connectivity index (χ2n) is 4.60. The van der Waals surface area contributed by atoms with Crippen LogP contribution in [0, 0.1) is 5.82 Å². The zero-order chi connectivity index (χ0) is 13.8. The lowest BCUT2D eigenvalue weighted by Crippen LogP contribution is -2.19. The van der Waals surface area contributed by atoms with Gasteiger partial charge in [-0.15, -0.1) is 0 Å². The van der Waals surface area contributed by atoms with Crippen molar-refractivity contribution in [2.24, 2.45) is 0 Å². The summed E-state index contributed by atoms with van der Waals surface area (Å²) >= 11 is 0. The summed E-state index contributed by atoms with van der Waals surface area (Å²) in [6, 6.07) is 9.61. The molecule has 1 aromatic heterocycles. The first kappa shape index (κ1) is 13.5. The highest BCUT2D eigenvalue weighted by Crippen LogP contribution is 2.25. The predicted octanol–water partition coefficient (Wildman–Crippen LogP) is 2.60. The molecule has 0 amide bonds. The first-order valence-electron chi connectivity index (χ1n) is 6.17. The number of benzene rings is 1. The maximum Gasteiger partial charge on any atom is 0.146 e. The number of anilines is 1. The fourth-order valence-corrected chi connectivity index (χ4v) is 2.09. The van der Waals surface area contributed by atoms with E-state index in [1.165, 1.54) is 6.20 Å². The number of nitrogens with zero attached hydrogens (tertiary/aromatic N) is 2. The first-order valence-corrected chi connectivity index (χ1v) is 6.17. The number of aromatic nitrogens is 1. The minimum atomic E-state index is -0.293. The number of hydrogen-bond donors (Lipinski definition) is 1. The van der Waals surface area contributed by atoms with E-state index in [9.17, 15) is 4.39 Å². The van der Waals surface area contributed by atoms with Crippen molar-refractivity contribution in [2.75, 3.05) is 26.0 Å². The normalized spacial score (nSPS) is 12.2. The van der Waals surface area contributed by atoms with E-state index in [2.05, 4.69) is 10.3 Å². The van der Waals surface area contributed by atoms with Crippen LogP contribution in [0.5, 0.6) is 0 Å². The molecule has 19 heavy (non-hydrogen) atoms. The Hall–Kier alpha value is -1.94. The van der Waals surface area contributed by atoms with Crippen LogP contribution in [-0.2, 0) is 0 Å². The summed E-state index contributed by atoms with van der Waals surface area (Å²) in [6.07, 6.45) is 2.85. The molecule has 4 heteroatoms. The summed E-state index contributed by atoms with van der Waals surface area (Å²) in [6.45, 7) is 0. The summed E-state index contributed by atoms with van der Waals surface area (Å²) in [7, 11) is 5.81. The Labute approximate surface area is 113 Å². The van der Waals surface area contributed by atoms with Gasteiger partial charge in [-0.2, -0.15) is 0 Å². The first-order chi connectivity index (χ1) is 9.13. The number of hydrogen-bond acceptors (Lipinski definition) is 3. The molecular formula is C15H18FN3. The summed E-state index contributed by atoms with van der Waals surface area (Å²) in [5.41, 5.74) is 2.75. The average Bonchev–Trinajstić information content (AvgIpc) is 2.42. The molecule has 2 aromatic rings. The van der Waals surface area contributed by atoms with Crippen LogP contribution in [0.2, 0.25) is 0 Å². The van der Waals surface area contributed by atoms with Gasteiger partial charge < -0.3 is 10.2 Å². The van der Waals surface area contributed by atoms with Gasteiger partial charge in [-0.05, 0) is 30.8 Å². The standard InChI is InChI=1S/C15H18FN3/c1-17-15(13-8-9-18-10-14(13)16)11-4-6-12(7-5-11)19(2)3/h4-10,15,17H,1-3H3. The van der Waals surface area contributed by atoms with Gasteiger partial charge in [0.15, 0.2) is 0 Å². The molecule has 0 aliphatic heterocycles. The molecule has 1 unspecified atom stereocenters. The van der Waals surface area contributed by atoms with Gasteiger partial charge >= 0.3 is 0 Å². The molecule has 2 rings (SSSR count). The van der Waals surface area contributed by atoms with Crippen LogP contribution in [0.4, 0.5) is 10.1 Å². The van der Waals surface area contributed by atoms with Gasteiger partial charge in [0.1, 0.15) is 5.82 Å². The zero-order valence-electron chi connectivity index (χ0n) is 11.4. The maximum atomic E-state index is 13.8. The van der Waals surface area contributed by atoms with Gasteiger partial charge in [-0.25, -0.2) is 4.39 Å². The lowest BCUT2D eigenvalue weighted by Gasteiger charge is -2.19. The summed E-state index contributed by atoms with van der Waals surface area (Å²) in [5.74, 6) is -0.293. The lowest BCUT2D eigenvalue weighted by atomic mass is 9.99. The third-order valence-electron chi connectivity index (χ3n) is 3.15. The van der Waals surface area contributed by atoms with Crippen molar-refractivity contribution in [3.05, 3.63) is 59.7 Å². The molecule has 0 fully saturated rings. The van der Waals surface area contributed by atoms with Crippen molar-refractivity contribution in [1.29, 1.82) is 0 Å². The largest absolute Gasteiger partial charge is 0.378 e. The number of halogens is 1. The number of nitrogens with one attached hydrogen (secondary N) is 1. The number of pyridine rings is 1. The van der Waals surface area contributed by atoms with Crippen molar-refractivity contribution < 1.29 is 4.39 Å². The highest BCUT2D eigenvalue weighted by molar-refractivity contribution is 5.47. The van der Waals surface area contributed by atoms with Crippen LogP contribution in [0.25, 0.3) is 0 Å². The van der Waals surface area contributed by atoms with Gasteiger partial charge in [0.25, 0.3) is 0 Å². The van der Waals surface area contributed by atoms with Gasteiger partial charge in [-0.3, -0.25) is 4.98 Å². The fourth-order valence-electron chi connectivity index (χ4n) is 2.09. The van der Waals surface area contributed by atoms with E-state index in [0.717, 1.165) is 11.3 Å². The minimum Gasteiger partial charge on any atom is -0.378 e. The maximum absolute atomic E-state index is 13.8. The minimum absolute atomic E-state index is 0.167. The van der Waals surface area contributed by atoms with Crippen molar-refractivity contribution in [3.8, 4) is 0 Å². The van der Waals surface area contributed by atoms with Crippen molar-refractivity contribution >= 4 is 5.69 Å². The fraction of sp³-hybridized carbons (Fsp3) is 0.267. The highest BCUT2D eigenvalue weighted by atomic mass is 19.1. The second-order valence-corrected chi connectivity index (χ2v) is 4.60. The lowest BCUT2D eigenvalue weighted by molar-refractivity contribution is 0.571. The predicted molar refractivity (Wildman–Crippen MR) is 75.9 cm³/mol. The van der Waals surface area contributed by atoms with E-state index in [1.807, 2.05) is 50.3 Å². The second kappa shape index (κ2) is 5.80. The SMILES string of the molecule is CNC(c1ccc(N(C)C)cc1)c1ccncc1F. The Morgan fingerprint density at radius 1 is 1.16 bits per heavy atom. The molecule has 0 aliphatic carbocycles. The smallest absolute Gasteiger partial charge is 0.146 e. The topological polar surface area (TPSA) is 28.2 Å². The molecule has 1 atom stereocenters. The molecule has 0 radical (unpaired) electrons.